The van der Waals surface area contributed by atoms with Gasteiger partial charge in [0.15, 0.2) is 12.1 Å². The maximum Gasteiger partial charge on any atom is 0.161 e. The van der Waals surface area contributed by atoms with E-state index in [1.165, 1.54) is 19.1 Å². The minimum Gasteiger partial charge on any atom is -0.298 e. The second-order valence-corrected chi connectivity index (χ2v) is 3.30. The molecule has 0 bridgehead atoms. The Morgan fingerprint density at radius 2 is 2.15 bits per heavy atom. The van der Waals surface area contributed by atoms with Gasteiger partial charge in [-0.3, -0.25) is 9.59 Å². The molecule has 1 aromatic carbocycles. The molecule has 0 amide bonds. The Hall–Kier alpha value is -1.03. The van der Waals surface area contributed by atoms with Gasteiger partial charge in [-0.15, -0.1) is 0 Å². The number of benzene rings is 1. The van der Waals surface area contributed by atoms with Gasteiger partial charge in [0.2, 0.25) is 0 Å². The van der Waals surface area contributed by atoms with Gasteiger partial charge >= 0.3 is 0 Å². The van der Waals surface area contributed by atoms with Crippen LogP contribution in [0.3, 0.4) is 0 Å². The van der Waals surface area contributed by atoms with Crippen molar-refractivity contribution in [2.24, 2.45) is 0 Å². The molecule has 0 spiro atoms. The lowest BCUT2D eigenvalue weighted by Crippen LogP contribution is -1.98. The van der Waals surface area contributed by atoms with E-state index in [0.29, 0.717) is 6.29 Å². The van der Waals surface area contributed by atoms with Crippen molar-refractivity contribution in [2.45, 2.75) is 6.92 Å². The van der Waals surface area contributed by atoms with E-state index in [-0.39, 0.29) is 21.4 Å². The zero-order chi connectivity index (χ0) is 10.0. The first-order valence-electron chi connectivity index (χ1n) is 3.52. The van der Waals surface area contributed by atoms with Crippen LogP contribution in [0.15, 0.2) is 16.6 Å². The van der Waals surface area contributed by atoms with Crippen molar-refractivity contribution in [2.75, 3.05) is 0 Å². The fraction of sp³-hybridized carbons (Fsp3) is 0.111. The van der Waals surface area contributed by atoms with Gasteiger partial charge in [0, 0.05) is 5.56 Å². The summed E-state index contributed by atoms with van der Waals surface area (Å²) in [6, 6.07) is 2.70. The van der Waals surface area contributed by atoms with E-state index in [1.807, 2.05) is 0 Å². The van der Waals surface area contributed by atoms with E-state index in [9.17, 15) is 14.0 Å². The number of carbonyl (C=O) groups excluding carboxylic acids is 2. The topological polar surface area (TPSA) is 34.1 Å². The third kappa shape index (κ3) is 1.83. The van der Waals surface area contributed by atoms with Crippen LogP contribution in [0.4, 0.5) is 4.39 Å². The molecule has 0 aromatic heterocycles. The number of ketones is 1. The molecule has 0 saturated heterocycles. The zero-order valence-electron chi connectivity index (χ0n) is 6.80. The second kappa shape index (κ2) is 3.79. The maximum atomic E-state index is 13.2. The fourth-order valence-corrected chi connectivity index (χ4v) is 1.57. The molecule has 0 aliphatic carbocycles. The van der Waals surface area contributed by atoms with Gasteiger partial charge in [-0.25, -0.2) is 4.39 Å². The van der Waals surface area contributed by atoms with Crippen molar-refractivity contribution in [3.8, 4) is 0 Å². The lowest BCUT2D eigenvalue weighted by atomic mass is 10.1. The summed E-state index contributed by atoms with van der Waals surface area (Å²) >= 11 is 2.92. The summed E-state index contributed by atoms with van der Waals surface area (Å²) in [5, 5.41) is 0. The van der Waals surface area contributed by atoms with Crippen molar-refractivity contribution in [1.29, 1.82) is 0 Å². The van der Waals surface area contributed by atoms with Gasteiger partial charge in [-0.05, 0) is 35.0 Å². The summed E-state index contributed by atoms with van der Waals surface area (Å²) in [5.41, 5.74) is 0.181. The molecule has 2 nitrogen and oxygen atoms in total. The lowest BCUT2D eigenvalue weighted by molar-refractivity contribution is 0.101. The Labute approximate surface area is 82.9 Å². The highest BCUT2D eigenvalue weighted by Gasteiger charge is 2.12. The standard InChI is InChI=1S/C9H6BrFO2/c1-5(13)7-3-2-6(4-12)9(11)8(7)10/h2-4H,1H3. The van der Waals surface area contributed by atoms with Gasteiger partial charge in [0.25, 0.3) is 0 Å². The summed E-state index contributed by atoms with van der Waals surface area (Å²) < 4.78 is 13.2. The van der Waals surface area contributed by atoms with Crippen LogP contribution in [0, 0.1) is 5.82 Å². The molecule has 1 aromatic rings. The van der Waals surface area contributed by atoms with E-state index in [0.717, 1.165) is 0 Å². The van der Waals surface area contributed by atoms with Gasteiger partial charge in [-0.2, -0.15) is 0 Å². The predicted molar refractivity (Wildman–Crippen MR) is 49.5 cm³/mol. The normalized spacial score (nSPS) is 9.77. The molecule has 0 saturated carbocycles. The first kappa shape index (κ1) is 10.1. The minimum absolute atomic E-state index is 0.0459. The Morgan fingerprint density at radius 3 is 2.62 bits per heavy atom. The molecule has 0 aliphatic rings. The molecule has 0 fully saturated rings. The molecule has 0 radical (unpaired) electrons. The molecule has 0 aliphatic heterocycles. The summed E-state index contributed by atoms with van der Waals surface area (Å²) in [6.45, 7) is 1.33. The molecule has 68 valence electrons. The number of aldehydes is 1. The second-order valence-electron chi connectivity index (χ2n) is 2.50. The Bertz CT molecular complexity index is 374. The van der Waals surface area contributed by atoms with Crippen LogP contribution >= 0.6 is 15.9 Å². The molecule has 13 heavy (non-hydrogen) atoms. The molecule has 0 unspecified atom stereocenters. The van der Waals surface area contributed by atoms with E-state index in [2.05, 4.69) is 15.9 Å². The first-order valence-corrected chi connectivity index (χ1v) is 4.31. The largest absolute Gasteiger partial charge is 0.298 e. The number of rotatable bonds is 2. The lowest BCUT2D eigenvalue weighted by Gasteiger charge is -2.02. The average molecular weight is 245 g/mol. The van der Waals surface area contributed by atoms with Gasteiger partial charge in [0.05, 0.1) is 10.0 Å². The van der Waals surface area contributed by atoms with Crippen LogP contribution in [0.1, 0.15) is 27.6 Å². The summed E-state index contributed by atoms with van der Waals surface area (Å²) in [4.78, 5) is 21.2. The average Bonchev–Trinajstić information content (AvgIpc) is 2.09. The van der Waals surface area contributed by atoms with Crippen LogP contribution in [0.25, 0.3) is 0 Å². The van der Waals surface area contributed by atoms with Crippen molar-refractivity contribution < 1.29 is 14.0 Å². The number of Topliss-reactive ketones (excluding diaryl/α,β-unsaturated/α-hetero) is 1. The Balaban J connectivity index is 3.39. The smallest absolute Gasteiger partial charge is 0.161 e. The van der Waals surface area contributed by atoms with E-state index < -0.39 is 5.82 Å². The predicted octanol–water partition coefficient (Wildman–Crippen LogP) is 2.60. The minimum atomic E-state index is -0.692. The van der Waals surface area contributed by atoms with Crippen LogP contribution in [0.2, 0.25) is 0 Å². The van der Waals surface area contributed by atoms with Crippen molar-refractivity contribution >= 4 is 28.0 Å². The number of halogens is 2. The third-order valence-corrected chi connectivity index (χ3v) is 2.39. The molecule has 0 N–H and O–H groups in total. The number of hydrogen-bond donors (Lipinski definition) is 0. The quantitative estimate of drug-likeness (QED) is 0.592. The van der Waals surface area contributed by atoms with Gasteiger partial charge in [0.1, 0.15) is 5.82 Å². The van der Waals surface area contributed by atoms with E-state index >= 15 is 0 Å². The van der Waals surface area contributed by atoms with Crippen LogP contribution in [-0.2, 0) is 0 Å². The van der Waals surface area contributed by atoms with Gasteiger partial charge < -0.3 is 0 Å². The molecular weight excluding hydrogens is 239 g/mol. The SMILES string of the molecule is CC(=O)c1ccc(C=O)c(F)c1Br. The van der Waals surface area contributed by atoms with Crippen LogP contribution in [-0.4, -0.2) is 12.1 Å². The Morgan fingerprint density at radius 1 is 1.54 bits per heavy atom. The van der Waals surface area contributed by atoms with E-state index in [4.69, 9.17) is 0 Å². The highest BCUT2D eigenvalue weighted by Crippen LogP contribution is 2.23. The highest BCUT2D eigenvalue weighted by atomic mass is 79.9. The van der Waals surface area contributed by atoms with E-state index in [1.54, 1.807) is 0 Å². The molecule has 1 rings (SSSR count). The summed E-state index contributed by atoms with van der Waals surface area (Å²) in [6.07, 6.45) is 0.407. The molecular formula is C9H6BrFO2. The first-order chi connectivity index (χ1) is 6.07. The zero-order valence-corrected chi connectivity index (χ0v) is 8.39. The molecule has 0 heterocycles. The molecule has 0 atom stereocenters. The van der Waals surface area contributed by atoms with Crippen molar-refractivity contribution in [3.63, 3.8) is 0 Å². The monoisotopic (exact) mass is 244 g/mol. The maximum absolute atomic E-state index is 13.2. The third-order valence-electron chi connectivity index (χ3n) is 1.62. The van der Waals surface area contributed by atoms with Crippen molar-refractivity contribution in [1.82, 2.24) is 0 Å². The summed E-state index contributed by atoms with van der Waals surface area (Å²) in [5.74, 6) is -0.939. The van der Waals surface area contributed by atoms with Crippen LogP contribution in [0.5, 0.6) is 0 Å². The van der Waals surface area contributed by atoms with Crippen LogP contribution < -0.4 is 0 Å². The van der Waals surface area contributed by atoms with Crippen molar-refractivity contribution in [3.05, 3.63) is 33.5 Å². The number of carbonyl (C=O) groups is 2. The highest BCUT2D eigenvalue weighted by molar-refractivity contribution is 9.10. The molecule has 4 heteroatoms. The fourth-order valence-electron chi connectivity index (χ4n) is 0.927. The number of hydrogen-bond acceptors (Lipinski definition) is 2. The Kier molecular flexibility index (Phi) is 2.93. The summed E-state index contributed by atoms with van der Waals surface area (Å²) in [7, 11) is 0. The van der Waals surface area contributed by atoms with Gasteiger partial charge in [-0.1, -0.05) is 0 Å².